The van der Waals surface area contributed by atoms with Crippen molar-refractivity contribution in [2.75, 3.05) is 25.0 Å². The fourth-order valence-corrected chi connectivity index (χ4v) is 3.74. The molecule has 20 heavy (non-hydrogen) atoms. The number of para-hydroxylation sites is 1. The van der Waals surface area contributed by atoms with Crippen molar-refractivity contribution < 1.29 is 4.79 Å². The van der Waals surface area contributed by atoms with E-state index in [1.165, 1.54) is 17.7 Å². The zero-order valence-corrected chi connectivity index (χ0v) is 11.9. The van der Waals surface area contributed by atoms with Gasteiger partial charge in [0, 0.05) is 31.2 Å². The van der Waals surface area contributed by atoms with Gasteiger partial charge >= 0.3 is 0 Å². The molecule has 4 rings (SSSR count). The first-order valence-electron chi connectivity index (χ1n) is 7.86. The molecule has 0 aromatic heterocycles. The van der Waals surface area contributed by atoms with Gasteiger partial charge < -0.3 is 10.2 Å². The Hall–Kier alpha value is -1.51. The van der Waals surface area contributed by atoms with Gasteiger partial charge in [0.25, 0.3) is 0 Å². The smallest absolute Gasteiger partial charge is 0.225 e. The quantitative estimate of drug-likeness (QED) is 0.851. The molecule has 0 unspecified atom stereocenters. The predicted octanol–water partition coefficient (Wildman–Crippen LogP) is 2.67. The highest BCUT2D eigenvalue weighted by Crippen LogP contribution is 2.41. The molecule has 1 saturated carbocycles. The second-order valence-corrected chi connectivity index (χ2v) is 6.79. The minimum absolute atomic E-state index is 0.370. The first kappa shape index (κ1) is 12.2. The van der Waals surface area contributed by atoms with Gasteiger partial charge in [0.2, 0.25) is 5.91 Å². The third kappa shape index (κ3) is 2.09. The Morgan fingerprint density at radius 2 is 1.95 bits per heavy atom. The van der Waals surface area contributed by atoms with Gasteiger partial charge in [-0.25, -0.2) is 0 Å². The van der Waals surface area contributed by atoms with Crippen LogP contribution in [-0.4, -0.2) is 30.4 Å². The molecular weight excluding hydrogens is 248 g/mol. The van der Waals surface area contributed by atoms with Crippen LogP contribution in [0.1, 0.15) is 31.2 Å². The molecule has 1 N–H and O–H groups in total. The van der Waals surface area contributed by atoms with Crippen LogP contribution < -0.4 is 5.32 Å². The van der Waals surface area contributed by atoms with Crippen LogP contribution in [-0.2, 0) is 11.2 Å². The van der Waals surface area contributed by atoms with Gasteiger partial charge in [-0.2, -0.15) is 0 Å². The Balaban J connectivity index is 1.45. The van der Waals surface area contributed by atoms with Crippen molar-refractivity contribution >= 4 is 11.6 Å². The lowest BCUT2D eigenvalue weighted by atomic mass is 9.71. The number of hydrogen-bond acceptors (Lipinski definition) is 2. The van der Waals surface area contributed by atoms with Crippen LogP contribution in [0.2, 0.25) is 0 Å². The van der Waals surface area contributed by atoms with Gasteiger partial charge in [-0.15, -0.1) is 0 Å². The van der Waals surface area contributed by atoms with E-state index in [0.717, 1.165) is 45.3 Å². The summed E-state index contributed by atoms with van der Waals surface area (Å²) in [7, 11) is 0. The number of rotatable bonds is 1. The van der Waals surface area contributed by atoms with E-state index in [1.807, 2.05) is 0 Å². The van der Waals surface area contributed by atoms with E-state index in [2.05, 4.69) is 34.5 Å². The van der Waals surface area contributed by atoms with Crippen LogP contribution in [0.15, 0.2) is 24.3 Å². The number of piperidine rings is 1. The maximum absolute atomic E-state index is 12.1. The topological polar surface area (TPSA) is 32.3 Å². The Labute approximate surface area is 120 Å². The first-order valence-corrected chi connectivity index (χ1v) is 7.86. The van der Waals surface area contributed by atoms with E-state index < -0.39 is 0 Å². The monoisotopic (exact) mass is 270 g/mol. The first-order chi connectivity index (χ1) is 9.76. The molecule has 1 spiro atoms. The highest BCUT2D eigenvalue weighted by molar-refractivity contribution is 5.81. The van der Waals surface area contributed by atoms with Crippen molar-refractivity contribution in [3.63, 3.8) is 0 Å². The number of carbonyl (C=O) groups excluding carboxylic acids is 1. The summed E-state index contributed by atoms with van der Waals surface area (Å²) in [6.45, 7) is 2.98. The van der Waals surface area contributed by atoms with Gasteiger partial charge in [-0.1, -0.05) is 18.2 Å². The number of likely N-dealkylation sites (tertiary alicyclic amines) is 1. The molecule has 3 nitrogen and oxygen atoms in total. The number of amides is 1. The Morgan fingerprint density at radius 3 is 2.70 bits per heavy atom. The highest BCUT2D eigenvalue weighted by atomic mass is 16.2. The van der Waals surface area contributed by atoms with Crippen LogP contribution in [0.5, 0.6) is 0 Å². The molecule has 2 aliphatic heterocycles. The summed E-state index contributed by atoms with van der Waals surface area (Å²) >= 11 is 0. The molecule has 2 fully saturated rings. The van der Waals surface area contributed by atoms with E-state index in [0.29, 0.717) is 17.2 Å². The fourth-order valence-electron chi connectivity index (χ4n) is 3.74. The molecular formula is C17H22N2O. The second kappa shape index (κ2) is 4.51. The van der Waals surface area contributed by atoms with Gasteiger partial charge in [-0.05, 0) is 49.1 Å². The molecule has 1 aromatic carbocycles. The second-order valence-electron chi connectivity index (χ2n) is 6.79. The van der Waals surface area contributed by atoms with Crippen LogP contribution >= 0.6 is 0 Å². The maximum Gasteiger partial charge on any atom is 0.225 e. The lowest BCUT2D eigenvalue weighted by Crippen LogP contribution is -2.48. The number of hydrogen-bond donors (Lipinski definition) is 1. The molecule has 3 heteroatoms. The maximum atomic E-state index is 12.1. The summed E-state index contributed by atoms with van der Waals surface area (Å²) in [5, 5.41) is 3.60. The van der Waals surface area contributed by atoms with Crippen LogP contribution in [0.3, 0.4) is 0 Å². The number of carbonyl (C=O) groups is 1. The van der Waals surface area contributed by atoms with Gasteiger partial charge in [0.15, 0.2) is 0 Å². The summed E-state index contributed by atoms with van der Waals surface area (Å²) in [5.41, 5.74) is 3.12. The Kier molecular flexibility index (Phi) is 2.76. The van der Waals surface area contributed by atoms with E-state index in [1.54, 1.807) is 0 Å². The normalized spacial score (nSPS) is 24.1. The molecule has 2 heterocycles. The minimum Gasteiger partial charge on any atom is -0.384 e. The standard InChI is InChI=1S/C17H22N2O/c20-16(13-5-6-13)19-9-7-17(8-10-19)11-14-3-1-2-4-15(14)18-12-17/h1-4,13,18H,5-12H2. The van der Waals surface area contributed by atoms with Gasteiger partial charge in [0.1, 0.15) is 0 Å². The van der Waals surface area contributed by atoms with E-state index in [4.69, 9.17) is 0 Å². The molecule has 1 amide bonds. The van der Waals surface area contributed by atoms with Crippen molar-refractivity contribution in [1.82, 2.24) is 4.90 Å². The SMILES string of the molecule is O=C(C1CC1)N1CCC2(CC1)CNc1ccccc1C2. The number of nitrogens with one attached hydrogen (secondary N) is 1. The summed E-state index contributed by atoms with van der Waals surface area (Å²) in [5.74, 6) is 0.790. The molecule has 1 saturated heterocycles. The largest absolute Gasteiger partial charge is 0.384 e. The number of benzene rings is 1. The van der Waals surface area contributed by atoms with Crippen molar-refractivity contribution in [2.24, 2.45) is 11.3 Å². The van der Waals surface area contributed by atoms with Crippen LogP contribution in [0.4, 0.5) is 5.69 Å². The average molecular weight is 270 g/mol. The molecule has 106 valence electrons. The molecule has 1 aliphatic carbocycles. The summed E-state index contributed by atoms with van der Waals surface area (Å²) < 4.78 is 0. The third-order valence-electron chi connectivity index (χ3n) is 5.30. The third-order valence-corrected chi connectivity index (χ3v) is 5.30. The number of anilines is 1. The van der Waals surface area contributed by atoms with Crippen LogP contribution in [0.25, 0.3) is 0 Å². The Morgan fingerprint density at radius 1 is 1.20 bits per heavy atom. The molecule has 0 bridgehead atoms. The van der Waals surface area contributed by atoms with Gasteiger partial charge in [0.05, 0.1) is 0 Å². The molecule has 1 aromatic rings. The number of nitrogens with zero attached hydrogens (tertiary/aromatic N) is 1. The van der Waals surface area contributed by atoms with E-state index in [9.17, 15) is 4.79 Å². The van der Waals surface area contributed by atoms with Crippen molar-refractivity contribution in [3.05, 3.63) is 29.8 Å². The fraction of sp³-hybridized carbons (Fsp3) is 0.588. The summed E-state index contributed by atoms with van der Waals surface area (Å²) in [6, 6.07) is 8.64. The summed E-state index contributed by atoms with van der Waals surface area (Å²) in [6.07, 6.45) is 5.70. The zero-order valence-electron chi connectivity index (χ0n) is 11.9. The molecule has 0 radical (unpaired) electrons. The lowest BCUT2D eigenvalue weighted by molar-refractivity contribution is -0.134. The van der Waals surface area contributed by atoms with E-state index >= 15 is 0 Å². The minimum atomic E-state index is 0.370. The van der Waals surface area contributed by atoms with Gasteiger partial charge in [-0.3, -0.25) is 4.79 Å². The lowest BCUT2D eigenvalue weighted by Gasteiger charge is -2.45. The average Bonchev–Trinajstić information content (AvgIpc) is 3.32. The molecule has 3 aliphatic rings. The number of fused-ring (bicyclic) bond motifs is 1. The Bertz CT molecular complexity index is 528. The van der Waals surface area contributed by atoms with Crippen molar-refractivity contribution in [2.45, 2.75) is 32.1 Å². The molecule has 0 atom stereocenters. The van der Waals surface area contributed by atoms with Crippen molar-refractivity contribution in [3.8, 4) is 0 Å². The van der Waals surface area contributed by atoms with E-state index in [-0.39, 0.29) is 0 Å². The predicted molar refractivity (Wildman–Crippen MR) is 79.6 cm³/mol. The highest BCUT2D eigenvalue weighted by Gasteiger charge is 2.41. The van der Waals surface area contributed by atoms with Crippen LogP contribution in [0, 0.1) is 11.3 Å². The van der Waals surface area contributed by atoms with Crippen molar-refractivity contribution in [1.29, 1.82) is 0 Å². The zero-order chi connectivity index (χ0) is 13.6. The summed E-state index contributed by atoms with van der Waals surface area (Å²) in [4.78, 5) is 14.3.